The van der Waals surface area contributed by atoms with E-state index in [0.29, 0.717) is 11.8 Å². The lowest BCUT2D eigenvalue weighted by molar-refractivity contribution is 0.359. The maximum atomic E-state index is 5.75. The van der Waals surface area contributed by atoms with Gasteiger partial charge in [0.2, 0.25) is 0 Å². The molecule has 0 radical (unpaired) electrons. The summed E-state index contributed by atoms with van der Waals surface area (Å²) in [5, 5.41) is 3.78. The van der Waals surface area contributed by atoms with E-state index in [2.05, 4.69) is 5.16 Å². The fourth-order valence-corrected chi connectivity index (χ4v) is 2.09. The van der Waals surface area contributed by atoms with Gasteiger partial charge in [-0.25, -0.2) is 0 Å². The van der Waals surface area contributed by atoms with Crippen LogP contribution < -0.4 is 0 Å². The van der Waals surface area contributed by atoms with E-state index in [1.807, 2.05) is 0 Å². The molecule has 3 heteroatoms. The van der Waals surface area contributed by atoms with E-state index in [1.54, 1.807) is 6.20 Å². The second-order valence-corrected chi connectivity index (χ2v) is 3.60. The van der Waals surface area contributed by atoms with Crippen LogP contribution in [-0.2, 0) is 5.88 Å². The molecule has 0 spiro atoms. The molecule has 0 unspecified atom stereocenters. The molecule has 1 aliphatic carbocycles. The van der Waals surface area contributed by atoms with Gasteiger partial charge >= 0.3 is 0 Å². The van der Waals surface area contributed by atoms with Crippen molar-refractivity contribution >= 4 is 11.6 Å². The van der Waals surface area contributed by atoms with Crippen molar-refractivity contribution in [3.63, 3.8) is 0 Å². The van der Waals surface area contributed by atoms with Crippen molar-refractivity contribution < 1.29 is 4.52 Å². The lowest BCUT2D eigenvalue weighted by atomic mass is 10.0. The Balaban J connectivity index is 2.19. The fraction of sp³-hybridized carbons (Fsp3) is 0.667. The molecule has 0 N–H and O–H groups in total. The molecule has 66 valence electrons. The molecule has 2 rings (SSSR count). The topological polar surface area (TPSA) is 26.0 Å². The highest BCUT2D eigenvalue weighted by molar-refractivity contribution is 6.17. The number of hydrogen-bond donors (Lipinski definition) is 0. The summed E-state index contributed by atoms with van der Waals surface area (Å²) in [6.07, 6.45) is 6.83. The van der Waals surface area contributed by atoms with Crippen LogP contribution in [-0.4, -0.2) is 5.16 Å². The monoisotopic (exact) mass is 185 g/mol. The molecule has 1 aliphatic rings. The number of alkyl halides is 1. The van der Waals surface area contributed by atoms with Gasteiger partial charge in [-0.3, -0.25) is 0 Å². The first-order chi connectivity index (χ1) is 5.92. The van der Waals surface area contributed by atoms with Crippen molar-refractivity contribution in [1.29, 1.82) is 0 Å². The predicted molar refractivity (Wildman–Crippen MR) is 47.3 cm³/mol. The molecule has 1 saturated carbocycles. The summed E-state index contributed by atoms with van der Waals surface area (Å²) in [7, 11) is 0. The number of aromatic nitrogens is 1. The van der Waals surface area contributed by atoms with Gasteiger partial charge in [0.05, 0.1) is 12.1 Å². The third-order valence-corrected chi connectivity index (χ3v) is 2.83. The molecule has 0 aromatic carbocycles. The highest BCUT2D eigenvalue weighted by Gasteiger charge is 2.23. The van der Waals surface area contributed by atoms with Gasteiger partial charge in [0.1, 0.15) is 5.76 Å². The van der Waals surface area contributed by atoms with Gasteiger partial charge in [-0.15, -0.1) is 11.6 Å². The van der Waals surface area contributed by atoms with Crippen LogP contribution in [0.25, 0.3) is 0 Å². The molecular weight excluding hydrogens is 174 g/mol. The van der Waals surface area contributed by atoms with Crippen molar-refractivity contribution in [2.24, 2.45) is 0 Å². The second-order valence-electron chi connectivity index (χ2n) is 3.33. The first-order valence-electron chi connectivity index (χ1n) is 4.41. The van der Waals surface area contributed by atoms with Gasteiger partial charge in [0, 0.05) is 11.5 Å². The van der Waals surface area contributed by atoms with Gasteiger partial charge in [-0.05, 0) is 12.8 Å². The van der Waals surface area contributed by atoms with Crippen molar-refractivity contribution in [1.82, 2.24) is 5.16 Å². The van der Waals surface area contributed by atoms with Crippen molar-refractivity contribution in [2.75, 3.05) is 0 Å². The van der Waals surface area contributed by atoms with Crippen LogP contribution in [0.4, 0.5) is 0 Å². The number of halogens is 1. The lowest BCUT2D eigenvalue weighted by Gasteiger charge is -2.04. The molecule has 1 fully saturated rings. The van der Waals surface area contributed by atoms with Gasteiger partial charge < -0.3 is 4.52 Å². The maximum absolute atomic E-state index is 5.75. The Hall–Kier alpha value is -0.500. The third-order valence-electron chi connectivity index (χ3n) is 2.55. The predicted octanol–water partition coefficient (Wildman–Crippen LogP) is 3.07. The molecule has 1 aromatic rings. The Morgan fingerprint density at radius 2 is 2.25 bits per heavy atom. The smallest absolute Gasteiger partial charge is 0.144 e. The average molecular weight is 186 g/mol. The standard InChI is InChI=1S/C9H12ClNO/c10-5-8-6-11-12-9(8)7-3-1-2-4-7/h6-7H,1-5H2. The van der Waals surface area contributed by atoms with Gasteiger partial charge in [-0.1, -0.05) is 18.0 Å². The Kier molecular flexibility index (Phi) is 2.35. The molecular formula is C9H12ClNO. The van der Waals surface area contributed by atoms with Crippen LogP contribution in [0.15, 0.2) is 10.7 Å². The average Bonchev–Trinajstić information content (AvgIpc) is 2.74. The molecule has 1 aromatic heterocycles. The van der Waals surface area contributed by atoms with Crippen LogP contribution in [0.1, 0.15) is 42.9 Å². The zero-order valence-electron chi connectivity index (χ0n) is 6.92. The van der Waals surface area contributed by atoms with E-state index in [4.69, 9.17) is 16.1 Å². The Morgan fingerprint density at radius 3 is 2.92 bits per heavy atom. The van der Waals surface area contributed by atoms with E-state index in [1.165, 1.54) is 25.7 Å². The fourth-order valence-electron chi connectivity index (χ4n) is 1.89. The normalized spacial score (nSPS) is 18.8. The van der Waals surface area contributed by atoms with E-state index in [9.17, 15) is 0 Å². The van der Waals surface area contributed by atoms with Crippen LogP contribution in [0.5, 0.6) is 0 Å². The molecule has 0 amide bonds. The number of rotatable bonds is 2. The molecule has 0 atom stereocenters. The lowest BCUT2D eigenvalue weighted by Crippen LogP contribution is -1.92. The largest absolute Gasteiger partial charge is 0.361 e. The Labute approximate surface area is 76.9 Å². The van der Waals surface area contributed by atoms with Gasteiger partial charge in [0.25, 0.3) is 0 Å². The summed E-state index contributed by atoms with van der Waals surface area (Å²) in [6.45, 7) is 0. The van der Waals surface area contributed by atoms with E-state index in [-0.39, 0.29) is 0 Å². The van der Waals surface area contributed by atoms with Gasteiger partial charge in [-0.2, -0.15) is 0 Å². The molecule has 0 saturated heterocycles. The van der Waals surface area contributed by atoms with E-state index in [0.717, 1.165) is 11.3 Å². The molecule has 0 aliphatic heterocycles. The molecule has 12 heavy (non-hydrogen) atoms. The maximum Gasteiger partial charge on any atom is 0.144 e. The zero-order valence-corrected chi connectivity index (χ0v) is 7.68. The summed E-state index contributed by atoms with van der Waals surface area (Å²) in [5.41, 5.74) is 1.07. The first-order valence-corrected chi connectivity index (χ1v) is 4.94. The summed E-state index contributed by atoms with van der Waals surface area (Å²) in [5.74, 6) is 2.14. The Morgan fingerprint density at radius 1 is 1.50 bits per heavy atom. The summed E-state index contributed by atoms with van der Waals surface area (Å²) in [4.78, 5) is 0. The highest BCUT2D eigenvalue weighted by Crippen LogP contribution is 2.35. The van der Waals surface area contributed by atoms with Crippen LogP contribution in [0, 0.1) is 0 Å². The summed E-state index contributed by atoms with van der Waals surface area (Å²) >= 11 is 5.75. The van der Waals surface area contributed by atoms with Crippen molar-refractivity contribution in [3.05, 3.63) is 17.5 Å². The number of nitrogens with zero attached hydrogens (tertiary/aromatic N) is 1. The Bertz CT molecular complexity index is 253. The van der Waals surface area contributed by atoms with Crippen molar-refractivity contribution in [3.8, 4) is 0 Å². The number of hydrogen-bond acceptors (Lipinski definition) is 2. The summed E-state index contributed by atoms with van der Waals surface area (Å²) in [6, 6.07) is 0. The first kappa shape index (κ1) is 8.11. The van der Waals surface area contributed by atoms with Crippen molar-refractivity contribution in [2.45, 2.75) is 37.5 Å². The van der Waals surface area contributed by atoms with E-state index >= 15 is 0 Å². The van der Waals surface area contributed by atoms with Crippen LogP contribution in [0.2, 0.25) is 0 Å². The summed E-state index contributed by atoms with van der Waals surface area (Å²) < 4.78 is 5.20. The van der Waals surface area contributed by atoms with Crippen LogP contribution in [0.3, 0.4) is 0 Å². The minimum atomic E-state index is 0.523. The van der Waals surface area contributed by atoms with Crippen LogP contribution >= 0.6 is 11.6 Å². The zero-order chi connectivity index (χ0) is 8.39. The minimum Gasteiger partial charge on any atom is -0.361 e. The van der Waals surface area contributed by atoms with E-state index < -0.39 is 0 Å². The molecule has 0 bridgehead atoms. The quantitative estimate of drug-likeness (QED) is 0.662. The minimum absolute atomic E-state index is 0.523. The van der Waals surface area contributed by atoms with Gasteiger partial charge in [0.15, 0.2) is 0 Å². The second kappa shape index (κ2) is 3.48. The third kappa shape index (κ3) is 1.36. The highest BCUT2D eigenvalue weighted by atomic mass is 35.5. The molecule has 2 nitrogen and oxygen atoms in total. The SMILES string of the molecule is ClCc1cnoc1C1CCCC1. The molecule has 1 heterocycles.